The maximum Gasteiger partial charge on any atom is 0.246 e. The fourth-order valence-corrected chi connectivity index (χ4v) is 8.74. The van der Waals surface area contributed by atoms with Crippen LogP contribution >= 0.6 is 0 Å². The molecule has 1 aliphatic heterocycles. The van der Waals surface area contributed by atoms with Crippen LogP contribution in [0.15, 0.2) is 22.3 Å². The summed E-state index contributed by atoms with van der Waals surface area (Å²) in [7, 11) is 0. The predicted molar refractivity (Wildman–Crippen MR) is 143 cm³/mol. The van der Waals surface area contributed by atoms with E-state index in [-0.39, 0.29) is 48.4 Å². The average molecular weight is 522 g/mol. The van der Waals surface area contributed by atoms with Gasteiger partial charge in [0.1, 0.15) is 6.61 Å². The second kappa shape index (κ2) is 9.79. The van der Waals surface area contributed by atoms with Gasteiger partial charge in [0.05, 0.1) is 18.2 Å². The Labute approximate surface area is 226 Å². The maximum atomic E-state index is 13.6. The maximum absolute atomic E-state index is 13.6. The Morgan fingerprint density at radius 1 is 0.895 bits per heavy atom. The first-order valence-electron chi connectivity index (χ1n) is 15.4. The molecular formula is C31H43N3O4. The quantitative estimate of drug-likeness (QED) is 0.521. The van der Waals surface area contributed by atoms with Crippen molar-refractivity contribution in [3.63, 3.8) is 0 Å². The Morgan fingerprint density at radius 2 is 1.55 bits per heavy atom. The molecule has 7 rings (SSSR count). The number of morpholine rings is 1. The van der Waals surface area contributed by atoms with Gasteiger partial charge in [-0.25, -0.2) is 0 Å². The zero-order valence-corrected chi connectivity index (χ0v) is 22.8. The van der Waals surface area contributed by atoms with E-state index in [9.17, 15) is 14.4 Å². The molecular weight excluding hydrogens is 478 g/mol. The summed E-state index contributed by atoms with van der Waals surface area (Å²) in [6, 6.07) is 0.660. The van der Waals surface area contributed by atoms with E-state index in [1.807, 2.05) is 0 Å². The fourth-order valence-electron chi connectivity index (χ4n) is 8.74. The highest BCUT2D eigenvalue weighted by Crippen LogP contribution is 2.52. The van der Waals surface area contributed by atoms with Crippen LogP contribution in [0.4, 0.5) is 0 Å². The lowest BCUT2D eigenvalue weighted by molar-refractivity contribution is -0.147. The van der Waals surface area contributed by atoms with Gasteiger partial charge >= 0.3 is 0 Å². The van der Waals surface area contributed by atoms with Gasteiger partial charge in [0.15, 0.2) is 0 Å². The summed E-state index contributed by atoms with van der Waals surface area (Å²) in [4.78, 5) is 40.8. The van der Waals surface area contributed by atoms with Crippen molar-refractivity contribution in [2.75, 3.05) is 13.2 Å². The summed E-state index contributed by atoms with van der Waals surface area (Å²) in [6.45, 7) is 3.31. The first-order chi connectivity index (χ1) is 18.5. The summed E-state index contributed by atoms with van der Waals surface area (Å²) < 4.78 is 5.78. The Kier molecular flexibility index (Phi) is 6.41. The molecule has 4 bridgehead atoms. The molecule has 5 saturated carbocycles. The standard InChI is InChI=1S/C31H43N3O4/c1-17-22-9-10-23(17)25-12-11-24(22)29(25)33-30(36)19-4-2-18(3-5-19)15-34(21-7-8-21)31(37)20-6-13-26-27(14-20)38-16-28(35)32-26/h17-21,26-27,29H,2-16H2,1H3,(H,32,35)(H,33,36). The molecule has 7 heteroatoms. The van der Waals surface area contributed by atoms with Crippen molar-refractivity contribution in [3.8, 4) is 0 Å². The van der Waals surface area contributed by atoms with Crippen molar-refractivity contribution in [2.45, 2.75) is 115 Å². The highest BCUT2D eigenvalue weighted by atomic mass is 16.5. The summed E-state index contributed by atoms with van der Waals surface area (Å²) in [5, 5.41) is 6.52. The van der Waals surface area contributed by atoms with Crippen molar-refractivity contribution in [2.24, 2.45) is 23.7 Å². The van der Waals surface area contributed by atoms with Crippen LogP contribution in [0.1, 0.15) is 90.4 Å². The first-order valence-corrected chi connectivity index (χ1v) is 15.4. The molecule has 0 aromatic rings. The lowest BCUT2D eigenvalue weighted by Crippen LogP contribution is -2.55. The van der Waals surface area contributed by atoms with E-state index in [4.69, 9.17) is 4.74 Å². The number of amides is 3. The molecule has 2 N–H and O–H groups in total. The molecule has 38 heavy (non-hydrogen) atoms. The molecule has 6 fully saturated rings. The molecule has 3 unspecified atom stereocenters. The zero-order chi connectivity index (χ0) is 26.0. The van der Waals surface area contributed by atoms with Gasteiger partial charge in [-0.1, -0.05) is 18.1 Å². The molecule has 3 amide bonds. The van der Waals surface area contributed by atoms with Crippen molar-refractivity contribution < 1.29 is 19.1 Å². The van der Waals surface area contributed by atoms with Crippen LogP contribution in [0.5, 0.6) is 0 Å². The lowest BCUT2D eigenvalue weighted by atomic mass is 9.79. The summed E-state index contributed by atoms with van der Waals surface area (Å²) in [5.74, 6) is 1.74. The van der Waals surface area contributed by atoms with Gasteiger partial charge in [-0.3, -0.25) is 14.4 Å². The van der Waals surface area contributed by atoms with Gasteiger partial charge in [0.25, 0.3) is 0 Å². The number of nitrogens with zero attached hydrogens (tertiary/aromatic N) is 1. The van der Waals surface area contributed by atoms with E-state index < -0.39 is 0 Å². The van der Waals surface area contributed by atoms with E-state index >= 15 is 0 Å². The number of carbonyl (C=O) groups excluding carboxylic acids is 3. The number of hydrogen-bond acceptors (Lipinski definition) is 4. The van der Waals surface area contributed by atoms with Crippen LogP contribution in [0.25, 0.3) is 0 Å². The molecule has 0 radical (unpaired) electrons. The topological polar surface area (TPSA) is 87.7 Å². The summed E-state index contributed by atoms with van der Waals surface area (Å²) in [5.41, 5.74) is 6.30. The van der Waals surface area contributed by atoms with Crippen molar-refractivity contribution in [1.29, 1.82) is 0 Å². The first kappa shape index (κ1) is 24.9. The molecule has 7 aliphatic rings. The molecule has 1 saturated heterocycles. The number of hydrogen-bond donors (Lipinski definition) is 2. The molecule has 1 heterocycles. The van der Waals surface area contributed by atoms with Crippen molar-refractivity contribution in [1.82, 2.24) is 15.5 Å². The molecule has 0 spiro atoms. The molecule has 7 nitrogen and oxygen atoms in total. The zero-order valence-electron chi connectivity index (χ0n) is 22.8. The van der Waals surface area contributed by atoms with Crippen LogP contribution < -0.4 is 10.6 Å². The number of rotatable bonds is 6. The third kappa shape index (κ3) is 4.43. The highest BCUT2D eigenvalue weighted by Gasteiger charge is 2.44. The van der Waals surface area contributed by atoms with Crippen LogP contribution in [-0.2, 0) is 19.1 Å². The van der Waals surface area contributed by atoms with E-state index in [0.29, 0.717) is 23.8 Å². The smallest absolute Gasteiger partial charge is 0.246 e. The Morgan fingerprint density at radius 3 is 2.24 bits per heavy atom. The SMILES string of the molecule is CC1C2=C3CCC(=C1CC2)C3NC(=O)C1CCC(CN(C(=O)C2CCC3NC(=O)COC3C2)C2CC2)CC1. The number of nitrogens with one attached hydrogen (secondary N) is 2. The summed E-state index contributed by atoms with van der Waals surface area (Å²) in [6.07, 6.45) is 13.2. The molecule has 206 valence electrons. The minimum absolute atomic E-state index is 0.00332. The van der Waals surface area contributed by atoms with Crippen LogP contribution in [-0.4, -0.2) is 60.0 Å². The van der Waals surface area contributed by atoms with Crippen LogP contribution in [0, 0.1) is 23.7 Å². The predicted octanol–water partition coefficient (Wildman–Crippen LogP) is 3.78. The third-order valence-corrected chi connectivity index (χ3v) is 11.0. The van der Waals surface area contributed by atoms with Gasteiger partial charge in [0, 0.05) is 24.4 Å². The number of carbonyl (C=O) groups is 3. The number of fused-ring (bicyclic) bond motifs is 5. The van der Waals surface area contributed by atoms with Gasteiger partial charge in [0.2, 0.25) is 17.7 Å². The highest BCUT2D eigenvalue weighted by molar-refractivity contribution is 5.81. The Bertz CT molecular complexity index is 1050. The number of allylic oxidation sites excluding steroid dienone is 2. The van der Waals surface area contributed by atoms with Crippen molar-refractivity contribution in [3.05, 3.63) is 22.3 Å². The monoisotopic (exact) mass is 521 g/mol. The van der Waals surface area contributed by atoms with E-state index in [1.54, 1.807) is 11.1 Å². The van der Waals surface area contributed by atoms with E-state index in [1.165, 1.54) is 24.0 Å². The molecule has 0 aromatic carbocycles. The van der Waals surface area contributed by atoms with Gasteiger partial charge in [-0.2, -0.15) is 0 Å². The normalized spacial score (nSPS) is 38.1. The summed E-state index contributed by atoms with van der Waals surface area (Å²) >= 11 is 0. The molecule has 3 atom stereocenters. The Hall–Kier alpha value is -2.15. The van der Waals surface area contributed by atoms with E-state index in [2.05, 4.69) is 22.5 Å². The fraction of sp³-hybridized carbons (Fsp3) is 0.774. The molecule has 0 aromatic heterocycles. The van der Waals surface area contributed by atoms with Crippen molar-refractivity contribution >= 4 is 17.7 Å². The minimum atomic E-state index is -0.0389. The second-order valence-electron chi connectivity index (χ2n) is 13.2. The van der Waals surface area contributed by atoms with E-state index in [0.717, 1.165) is 77.2 Å². The van der Waals surface area contributed by atoms with Gasteiger partial charge in [-0.05, 0) is 106 Å². The minimum Gasteiger partial charge on any atom is -0.366 e. The van der Waals surface area contributed by atoms with Gasteiger partial charge in [-0.15, -0.1) is 0 Å². The average Bonchev–Trinajstić information content (AvgIpc) is 3.63. The Balaban J connectivity index is 0.925. The van der Waals surface area contributed by atoms with Crippen LogP contribution in [0.3, 0.4) is 0 Å². The largest absolute Gasteiger partial charge is 0.366 e. The van der Waals surface area contributed by atoms with Crippen LogP contribution in [0.2, 0.25) is 0 Å². The van der Waals surface area contributed by atoms with Gasteiger partial charge < -0.3 is 20.3 Å². The third-order valence-electron chi connectivity index (χ3n) is 11.0. The molecule has 6 aliphatic carbocycles. The second-order valence-corrected chi connectivity index (χ2v) is 13.2. The lowest BCUT2D eigenvalue weighted by Gasteiger charge is -2.41. The number of ether oxygens (including phenoxy) is 1.